The predicted octanol–water partition coefficient (Wildman–Crippen LogP) is 3.41. The van der Waals surface area contributed by atoms with Crippen molar-refractivity contribution in [1.29, 1.82) is 0 Å². The van der Waals surface area contributed by atoms with E-state index < -0.39 is 23.1 Å². The monoisotopic (exact) mass is 433 g/mol. The highest BCUT2D eigenvalue weighted by Gasteiger charge is 2.30. The molecule has 31 heavy (non-hydrogen) atoms. The number of hydrogen-bond acceptors (Lipinski definition) is 7. The highest BCUT2D eigenvalue weighted by molar-refractivity contribution is 5.75. The minimum absolute atomic E-state index is 0.0695. The number of carboxylic acid groups (broad SMARTS) is 1. The SMILES string of the molecule is COc1cc(C)c(F)c(COc2cnc(Nc3cnn(C(C)(C)C(=O)O)c3)nc2)c1F. The Balaban J connectivity index is 1.68. The van der Waals surface area contributed by atoms with Gasteiger partial charge < -0.3 is 19.9 Å². The van der Waals surface area contributed by atoms with Crippen molar-refractivity contribution < 1.29 is 28.2 Å². The fourth-order valence-corrected chi connectivity index (χ4v) is 2.61. The molecule has 11 heteroatoms. The lowest BCUT2D eigenvalue weighted by Gasteiger charge is -2.19. The molecule has 0 amide bonds. The van der Waals surface area contributed by atoms with Crippen LogP contribution in [0.2, 0.25) is 0 Å². The molecule has 3 rings (SSSR count). The van der Waals surface area contributed by atoms with Gasteiger partial charge in [-0.25, -0.2) is 23.5 Å². The Morgan fingerprint density at radius 2 is 1.90 bits per heavy atom. The maximum atomic E-state index is 14.3. The zero-order valence-electron chi connectivity index (χ0n) is 17.3. The molecular formula is C20H21F2N5O4. The van der Waals surface area contributed by atoms with Crippen LogP contribution in [0.15, 0.2) is 30.9 Å². The number of aliphatic carboxylic acids is 1. The molecule has 0 saturated heterocycles. The number of halogens is 2. The number of methoxy groups -OCH3 is 1. The van der Waals surface area contributed by atoms with Gasteiger partial charge in [-0.2, -0.15) is 5.10 Å². The van der Waals surface area contributed by atoms with E-state index in [9.17, 15) is 18.7 Å². The Morgan fingerprint density at radius 3 is 2.52 bits per heavy atom. The zero-order chi connectivity index (χ0) is 22.8. The van der Waals surface area contributed by atoms with Gasteiger partial charge in [0.2, 0.25) is 5.95 Å². The van der Waals surface area contributed by atoms with Crippen LogP contribution in [0.1, 0.15) is 25.0 Å². The third-order valence-electron chi connectivity index (χ3n) is 4.61. The first kappa shape index (κ1) is 21.9. The molecule has 1 aromatic carbocycles. The van der Waals surface area contributed by atoms with Crippen LogP contribution in [0.5, 0.6) is 11.5 Å². The van der Waals surface area contributed by atoms with Crippen LogP contribution in [0.3, 0.4) is 0 Å². The van der Waals surface area contributed by atoms with Gasteiger partial charge in [-0.05, 0) is 32.4 Å². The van der Waals surface area contributed by atoms with E-state index in [0.717, 1.165) is 0 Å². The summed E-state index contributed by atoms with van der Waals surface area (Å²) in [6, 6.07) is 1.28. The van der Waals surface area contributed by atoms with E-state index in [-0.39, 0.29) is 35.2 Å². The highest BCUT2D eigenvalue weighted by atomic mass is 19.1. The number of aryl methyl sites for hydroxylation is 1. The number of aromatic nitrogens is 4. The van der Waals surface area contributed by atoms with Gasteiger partial charge in [0.15, 0.2) is 22.9 Å². The largest absolute Gasteiger partial charge is 0.494 e. The topological polar surface area (TPSA) is 111 Å². The summed E-state index contributed by atoms with van der Waals surface area (Å²) in [5.74, 6) is -2.23. The Labute approximate surface area is 176 Å². The summed E-state index contributed by atoms with van der Waals surface area (Å²) in [6.07, 6.45) is 5.63. The maximum absolute atomic E-state index is 14.3. The highest BCUT2D eigenvalue weighted by Crippen LogP contribution is 2.27. The number of nitrogens with one attached hydrogen (secondary N) is 1. The Kier molecular flexibility index (Phi) is 6.04. The van der Waals surface area contributed by atoms with Crippen molar-refractivity contribution in [1.82, 2.24) is 19.7 Å². The van der Waals surface area contributed by atoms with Crippen LogP contribution in [0, 0.1) is 18.6 Å². The summed E-state index contributed by atoms with van der Waals surface area (Å²) < 4.78 is 40.2. The third-order valence-corrected chi connectivity index (χ3v) is 4.61. The molecule has 0 aliphatic rings. The van der Waals surface area contributed by atoms with Crippen molar-refractivity contribution in [3.8, 4) is 11.5 Å². The van der Waals surface area contributed by atoms with Crippen LogP contribution in [-0.4, -0.2) is 37.9 Å². The number of benzene rings is 1. The normalized spacial score (nSPS) is 11.3. The summed E-state index contributed by atoms with van der Waals surface area (Å²) in [7, 11) is 1.30. The fourth-order valence-electron chi connectivity index (χ4n) is 2.61. The lowest BCUT2D eigenvalue weighted by molar-refractivity contribution is -0.146. The van der Waals surface area contributed by atoms with E-state index in [1.165, 1.54) is 63.4 Å². The van der Waals surface area contributed by atoms with Gasteiger partial charge in [-0.15, -0.1) is 0 Å². The van der Waals surface area contributed by atoms with Gasteiger partial charge in [-0.3, -0.25) is 4.68 Å². The summed E-state index contributed by atoms with van der Waals surface area (Å²) >= 11 is 0. The summed E-state index contributed by atoms with van der Waals surface area (Å²) in [6.45, 7) is 4.17. The number of anilines is 2. The van der Waals surface area contributed by atoms with Gasteiger partial charge in [0.25, 0.3) is 0 Å². The van der Waals surface area contributed by atoms with Gasteiger partial charge in [0.05, 0.1) is 37.0 Å². The smallest absolute Gasteiger partial charge is 0.331 e. The number of carbonyl (C=O) groups is 1. The lowest BCUT2D eigenvalue weighted by atomic mass is 10.1. The van der Waals surface area contributed by atoms with Crippen LogP contribution in [0.4, 0.5) is 20.4 Å². The van der Waals surface area contributed by atoms with E-state index in [0.29, 0.717) is 5.69 Å². The Hall–Kier alpha value is -3.76. The standard InChI is InChI=1S/C20H21F2N5O4/c1-11-5-15(30-4)17(22)14(16(11)21)10-31-13-7-23-19(24-8-13)26-12-6-25-27(9-12)20(2,3)18(28)29/h5-9H,10H2,1-4H3,(H,28,29)(H,23,24,26). The van der Waals surface area contributed by atoms with E-state index in [1.54, 1.807) is 0 Å². The van der Waals surface area contributed by atoms with E-state index >= 15 is 0 Å². The second-order valence-corrected chi connectivity index (χ2v) is 7.20. The number of nitrogens with zero attached hydrogens (tertiary/aromatic N) is 4. The molecule has 0 radical (unpaired) electrons. The van der Waals surface area contributed by atoms with Gasteiger partial charge in [-0.1, -0.05) is 0 Å². The van der Waals surface area contributed by atoms with Crippen LogP contribution >= 0.6 is 0 Å². The van der Waals surface area contributed by atoms with Crippen molar-refractivity contribution >= 4 is 17.6 Å². The predicted molar refractivity (Wildman–Crippen MR) is 106 cm³/mol. The van der Waals surface area contributed by atoms with E-state index in [2.05, 4.69) is 20.4 Å². The van der Waals surface area contributed by atoms with E-state index in [4.69, 9.17) is 9.47 Å². The quantitative estimate of drug-likeness (QED) is 0.556. The number of carboxylic acids is 1. The van der Waals surface area contributed by atoms with Gasteiger partial charge >= 0.3 is 5.97 Å². The molecule has 2 N–H and O–H groups in total. The summed E-state index contributed by atoms with van der Waals surface area (Å²) in [5.41, 5.74) is -0.757. The van der Waals surface area contributed by atoms with Crippen molar-refractivity contribution in [3.05, 3.63) is 53.6 Å². The molecule has 164 valence electrons. The second kappa shape index (κ2) is 8.54. The average molecular weight is 433 g/mol. The van der Waals surface area contributed by atoms with Crippen LogP contribution in [0.25, 0.3) is 0 Å². The van der Waals surface area contributed by atoms with E-state index in [1.807, 2.05) is 0 Å². The zero-order valence-corrected chi connectivity index (χ0v) is 17.3. The first-order valence-corrected chi connectivity index (χ1v) is 9.15. The lowest BCUT2D eigenvalue weighted by Crippen LogP contribution is -2.35. The van der Waals surface area contributed by atoms with Crippen molar-refractivity contribution in [3.63, 3.8) is 0 Å². The molecule has 0 aliphatic carbocycles. The number of rotatable bonds is 8. The molecule has 2 heterocycles. The first-order valence-electron chi connectivity index (χ1n) is 9.15. The van der Waals surface area contributed by atoms with Crippen LogP contribution in [-0.2, 0) is 16.9 Å². The number of hydrogen-bond donors (Lipinski definition) is 2. The first-order chi connectivity index (χ1) is 14.6. The molecule has 0 aliphatic heterocycles. The summed E-state index contributed by atoms with van der Waals surface area (Å²) in [4.78, 5) is 19.5. The maximum Gasteiger partial charge on any atom is 0.331 e. The second-order valence-electron chi connectivity index (χ2n) is 7.20. The third kappa shape index (κ3) is 4.55. The Morgan fingerprint density at radius 1 is 1.23 bits per heavy atom. The van der Waals surface area contributed by atoms with Crippen molar-refractivity contribution in [2.45, 2.75) is 32.9 Å². The molecule has 3 aromatic rings. The molecule has 0 unspecified atom stereocenters. The number of ether oxygens (including phenoxy) is 2. The minimum atomic E-state index is -1.22. The molecule has 2 aromatic heterocycles. The van der Waals surface area contributed by atoms with Crippen molar-refractivity contribution in [2.24, 2.45) is 0 Å². The molecule has 0 fully saturated rings. The molecule has 0 spiro atoms. The molecule has 9 nitrogen and oxygen atoms in total. The van der Waals surface area contributed by atoms with Gasteiger partial charge in [0.1, 0.15) is 12.4 Å². The molecular weight excluding hydrogens is 412 g/mol. The van der Waals surface area contributed by atoms with Crippen LogP contribution < -0.4 is 14.8 Å². The molecule has 0 saturated carbocycles. The summed E-state index contributed by atoms with van der Waals surface area (Å²) in [5, 5.41) is 16.2. The van der Waals surface area contributed by atoms with Gasteiger partial charge in [0, 0.05) is 6.20 Å². The fraction of sp³-hybridized carbons (Fsp3) is 0.300. The molecule has 0 bridgehead atoms. The molecule has 0 atom stereocenters. The Bertz CT molecular complexity index is 1100. The van der Waals surface area contributed by atoms with Crippen molar-refractivity contribution in [2.75, 3.05) is 12.4 Å². The average Bonchev–Trinajstić information content (AvgIpc) is 3.21. The minimum Gasteiger partial charge on any atom is -0.494 e.